The Morgan fingerprint density at radius 2 is 1.91 bits per heavy atom. The lowest BCUT2D eigenvalue weighted by Crippen LogP contribution is -2.32. The number of benzene rings is 2. The zero-order chi connectivity index (χ0) is 15.3. The first-order chi connectivity index (χ1) is 10.7. The van der Waals surface area contributed by atoms with Crippen LogP contribution in [0.5, 0.6) is 0 Å². The number of hydrogen-bond donors (Lipinski definition) is 1. The number of nitrogens with zero attached hydrogens (tertiary/aromatic N) is 2. The second kappa shape index (κ2) is 5.11. The summed E-state index contributed by atoms with van der Waals surface area (Å²) < 4.78 is 3.55. The van der Waals surface area contributed by atoms with E-state index in [1.807, 2.05) is 48.5 Å². The van der Waals surface area contributed by atoms with E-state index in [1.54, 1.807) is 9.13 Å². The molecule has 2 heterocycles. The first-order valence-electron chi connectivity index (χ1n) is 7.25. The van der Waals surface area contributed by atoms with Gasteiger partial charge < -0.3 is 5.11 Å². The molecule has 22 heavy (non-hydrogen) atoms. The van der Waals surface area contributed by atoms with Gasteiger partial charge in [-0.2, -0.15) is 0 Å². The molecular weight excluding hydrogens is 344 g/mol. The summed E-state index contributed by atoms with van der Waals surface area (Å²) in [7, 11) is 0. The van der Waals surface area contributed by atoms with Gasteiger partial charge in [0, 0.05) is 12.1 Å². The fourth-order valence-corrected chi connectivity index (χ4v) is 3.78. The number of halogens is 1. The van der Waals surface area contributed by atoms with Crippen LogP contribution in [-0.2, 0) is 13.1 Å². The zero-order valence-electron chi connectivity index (χ0n) is 11.8. The topological polar surface area (TPSA) is 47.2 Å². The average Bonchev–Trinajstić information content (AvgIpc) is 2.80. The molecule has 0 unspecified atom stereocenters. The number of hydrogen-bond acceptors (Lipinski definition) is 2. The SMILES string of the molecule is O=c1n(Cc2ccccc2)c2cccc3c2n1C[C@@H](Br)[C@@H]3O. The van der Waals surface area contributed by atoms with Crippen LogP contribution in [0.25, 0.3) is 11.0 Å². The molecule has 0 radical (unpaired) electrons. The van der Waals surface area contributed by atoms with Crippen LogP contribution in [0.4, 0.5) is 0 Å². The van der Waals surface area contributed by atoms with Crippen LogP contribution < -0.4 is 5.69 Å². The number of rotatable bonds is 2. The van der Waals surface area contributed by atoms with Gasteiger partial charge in [-0.1, -0.05) is 58.4 Å². The van der Waals surface area contributed by atoms with Crippen LogP contribution >= 0.6 is 15.9 Å². The molecule has 0 saturated carbocycles. The lowest BCUT2D eigenvalue weighted by molar-refractivity contribution is 0.165. The maximum absolute atomic E-state index is 12.8. The molecule has 112 valence electrons. The van der Waals surface area contributed by atoms with Crippen molar-refractivity contribution in [3.05, 3.63) is 70.1 Å². The Hall–Kier alpha value is -1.85. The highest BCUT2D eigenvalue weighted by molar-refractivity contribution is 9.09. The molecule has 1 N–H and O–H groups in total. The van der Waals surface area contributed by atoms with Crippen molar-refractivity contribution in [1.29, 1.82) is 0 Å². The number of imidazole rings is 1. The number of aromatic nitrogens is 2. The maximum Gasteiger partial charge on any atom is 0.329 e. The maximum atomic E-state index is 12.8. The fourth-order valence-electron chi connectivity index (χ4n) is 3.20. The lowest BCUT2D eigenvalue weighted by atomic mass is 10.0. The molecule has 0 amide bonds. The Labute approximate surface area is 135 Å². The molecule has 0 bridgehead atoms. The monoisotopic (exact) mass is 358 g/mol. The third-order valence-electron chi connectivity index (χ3n) is 4.27. The van der Waals surface area contributed by atoms with Crippen LogP contribution in [0.2, 0.25) is 0 Å². The standard InChI is InChI=1S/C17H15BrN2O2/c18-13-10-20-15-12(16(13)21)7-4-8-14(15)19(17(20)22)9-11-5-2-1-3-6-11/h1-8,13,16,21H,9-10H2/t13-,16-/m1/s1. The third kappa shape index (κ3) is 1.96. The first kappa shape index (κ1) is 13.8. The second-order valence-electron chi connectivity index (χ2n) is 5.64. The van der Waals surface area contributed by atoms with E-state index in [9.17, 15) is 9.90 Å². The van der Waals surface area contributed by atoms with Crippen molar-refractivity contribution >= 4 is 27.0 Å². The van der Waals surface area contributed by atoms with E-state index in [0.717, 1.165) is 22.2 Å². The van der Waals surface area contributed by atoms with Crippen molar-refractivity contribution in [3.8, 4) is 0 Å². The second-order valence-corrected chi connectivity index (χ2v) is 6.82. The Morgan fingerprint density at radius 3 is 2.68 bits per heavy atom. The third-order valence-corrected chi connectivity index (χ3v) is 5.06. The van der Waals surface area contributed by atoms with E-state index in [0.29, 0.717) is 13.1 Å². The number of para-hydroxylation sites is 1. The summed E-state index contributed by atoms with van der Waals surface area (Å²) in [5.41, 5.74) is 3.61. The zero-order valence-corrected chi connectivity index (χ0v) is 13.4. The van der Waals surface area contributed by atoms with E-state index in [1.165, 1.54) is 0 Å². The van der Waals surface area contributed by atoms with E-state index in [4.69, 9.17) is 0 Å². The Balaban J connectivity index is 1.95. The molecule has 2 aromatic carbocycles. The minimum Gasteiger partial charge on any atom is -0.387 e. The van der Waals surface area contributed by atoms with Gasteiger partial charge in [0.15, 0.2) is 0 Å². The molecule has 1 aromatic heterocycles. The van der Waals surface area contributed by atoms with Gasteiger partial charge in [0.2, 0.25) is 0 Å². The molecule has 0 saturated heterocycles. The predicted molar refractivity (Wildman–Crippen MR) is 89.4 cm³/mol. The van der Waals surface area contributed by atoms with Gasteiger partial charge in [-0.25, -0.2) is 4.79 Å². The molecule has 2 atom stereocenters. The minimum atomic E-state index is -0.587. The van der Waals surface area contributed by atoms with Gasteiger partial charge in [-0.3, -0.25) is 9.13 Å². The van der Waals surface area contributed by atoms with Crippen molar-refractivity contribution < 1.29 is 5.11 Å². The molecule has 0 fully saturated rings. The summed E-state index contributed by atoms with van der Waals surface area (Å²) in [5, 5.41) is 10.4. The molecule has 0 aliphatic carbocycles. The Bertz CT molecular complexity index is 898. The van der Waals surface area contributed by atoms with Gasteiger partial charge in [0.05, 0.1) is 28.5 Å². The molecule has 1 aliphatic rings. The molecule has 1 aliphatic heterocycles. The number of aliphatic hydroxyl groups excluding tert-OH is 1. The average molecular weight is 359 g/mol. The molecular formula is C17H15BrN2O2. The quantitative estimate of drug-likeness (QED) is 0.716. The van der Waals surface area contributed by atoms with Crippen molar-refractivity contribution in [2.75, 3.05) is 0 Å². The molecule has 3 aromatic rings. The van der Waals surface area contributed by atoms with Crippen LogP contribution in [0.15, 0.2) is 53.3 Å². The van der Waals surface area contributed by atoms with Crippen molar-refractivity contribution in [1.82, 2.24) is 9.13 Å². The highest BCUT2D eigenvalue weighted by atomic mass is 79.9. The van der Waals surface area contributed by atoms with Gasteiger partial charge >= 0.3 is 5.69 Å². The highest BCUT2D eigenvalue weighted by Crippen LogP contribution is 2.34. The van der Waals surface area contributed by atoms with E-state index in [2.05, 4.69) is 15.9 Å². The summed E-state index contributed by atoms with van der Waals surface area (Å²) >= 11 is 3.48. The van der Waals surface area contributed by atoms with Gasteiger partial charge in [-0.05, 0) is 11.6 Å². The lowest BCUT2D eigenvalue weighted by Gasteiger charge is -2.24. The fraction of sp³-hybridized carbons (Fsp3) is 0.235. The summed E-state index contributed by atoms with van der Waals surface area (Å²) in [6.07, 6.45) is -0.587. The minimum absolute atomic E-state index is 0.0253. The van der Waals surface area contributed by atoms with Gasteiger partial charge in [-0.15, -0.1) is 0 Å². The van der Waals surface area contributed by atoms with E-state index < -0.39 is 6.10 Å². The Kier molecular flexibility index (Phi) is 3.20. The summed E-state index contributed by atoms with van der Waals surface area (Å²) in [6.45, 7) is 1.02. The largest absolute Gasteiger partial charge is 0.387 e. The van der Waals surface area contributed by atoms with E-state index in [-0.39, 0.29) is 10.5 Å². The molecule has 4 rings (SSSR count). The van der Waals surface area contributed by atoms with Crippen LogP contribution in [-0.4, -0.2) is 19.1 Å². The molecule has 5 heteroatoms. The first-order valence-corrected chi connectivity index (χ1v) is 8.16. The summed E-state index contributed by atoms with van der Waals surface area (Å²) in [5.74, 6) is 0. The van der Waals surface area contributed by atoms with Crippen molar-refractivity contribution in [3.63, 3.8) is 0 Å². The molecule has 4 nitrogen and oxygen atoms in total. The number of alkyl halides is 1. The smallest absolute Gasteiger partial charge is 0.329 e. The summed E-state index contributed by atoms with van der Waals surface area (Å²) in [6, 6.07) is 15.7. The van der Waals surface area contributed by atoms with Crippen molar-refractivity contribution in [2.45, 2.75) is 24.0 Å². The predicted octanol–water partition coefficient (Wildman–Crippen LogP) is 2.66. The Morgan fingerprint density at radius 1 is 1.14 bits per heavy atom. The highest BCUT2D eigenvalue weighted by Gasteiger charge is 2.30. The molecule has 0 spiro atoms. The van der Waals surface area contributed by atoms with Crippen LogP contribution in [0.1, 0.15) is 17.2 Å². The summed E-state index contributed by atoms with van der Waals surface area (Å²) in [4.78, 5) is 12.6. The van der Waals surface area contributed by atoms with Gasteiger partial charge in [0.1, 0.15) is 0 Å². The van der Waals surface area contributed by atoms with Crippen LogP contribution in [0, 0.1) is 0 Å². The number of aliphatic hydroxyl groups is 1. The van der Waals surface area contributed by atoms with Crippen molar-refractivity contribution in [2.24, 2.45) is 0 Å². The van der Waals surface area contributed by atoms with Crippen LogP contribution in [0.3, 0.4) is 0 Å². The van der Waals surface area contributed by atoms with Gasteiger partial charge in [0.25, 0.3) is 0 Å². The van der Waals surface area contributed by atoms with E-state index >= 15 is 0 Å². The normalized spacial score (nSPS) is 20.5.